The molecule has 1 aromatic carbocycles. The van der Waals surface area contributed by atoms with Crippen LogP contribution in [0.2, 0.25) is 0 Å². The van der Waals surface area contributed by atoms with Crippen molar-refractivity contribution >= 4 is 16.9 Å². The fourth-order valence-electron chi connectivity index (χ4n) is 3.20. The van der Waals surface area contributed by atoms with Gasteiger partial charge in [-0.3, -0.25) is 5.10 Å². The molecule has 3 aromatic heterocycles. The largest absolute Gasteiger partial charge is 0.461 e. The quantitative estimate of drug-likeness (QED) is 0.286. The smallest absolute Gasteiger partial charge is 0.216 e. The Bertz CT molecular complexity index is 1090. The molecule has 4 N–H and O–H groups in total. The van der Waals surface area contributed by atoms with Crippen LogP contribution in [0.25, 0.3) is 22.5 Å². The molecule has 29 heavy (non-hydrogen) atoms. The summed E-state index contributed by atoms with van der Waals surface area (Å²) < 4.78 is 5.31. The summed E-state index contributed by atoms with van der Waals surface area (Å²) in [5.41, 5.74) is 3.73. The molecule has 0 saturated carbocycles. The van der Waals surface area contributed by atoms with E-state index in [1.807, 2.05) is 19.1 Å². The molecule has 4 aromatic rings. The van der Waals surface area contributed by atoms with Crippen LogP contribution in [0.4, 0.5) is 0 Å². The first kappa shape index (κ1) is 18.8. The van der Waals surface area contributed by atoms with Crippen molar-refractivity contribution in [3.05, 3.63) is 59.7 Å². The van der Waals surface area contributed by atoms with E-state index in [0.29, 0.717) is 24.0 Å². The molecule has 0 fully saturated rings. The molecule has 8 heteroatoms. The number of aromatic nitrogens is 4. The second-order valence-electron chi connectivity index (χ2n) is 6.82. The van der Waals surface area contributed by atoms with Gasteiger partial charge in [0.05, 0.1) is 6.26 Å². The number of furan rings is 1. The lowest BCUT2D eigenvalue weighted by Crippen LogP contribution is -2.38. The maximum atomic E-state index is 5.31. The van der Waals surface area contributed by atoms with Crippen molar-refractivity contribution in [1.29, 1.82) is 0 Å². The molecule has 0 spiro atoms. The van der Waals surface area contributed by atoms with Crippen molar-refractivity contribution in [3.63, 3.8) is 0 Å². The molecule has 3 heterocycles. The highest BCUT2D eigenvalue weighted by molar-refractivity contribution is 5.84. The number of hydrogen-bond acceptors (Lipinski definition) is 4. The maximum Gasteiger partial charge on any atom is 0.216 e. The molecule has 0 bridgehead atoms. The van der Waals surface area contributed by atoms with Gasteiger partial charge in [-0.1, -0.05) is 12.1 Å². The molecular weight excluding hydrogens is 366 g/mol. The Morgan fingerprint density at radius 1 is 1.24 bits per heavy atom. The summed E-state index contributed by atoms with van der Waals surface area (Å²) in [5, 5.41) is 15.0. The lowest BCUT2D eigenvalue weighted by Gasteiger charge is -2.10. The third kappa shape index (κ3) is 4.48. The maximum absolute atomic E-state index is 5.31. The van der Waals surface area contributed by atoms with Crippen molar-refractivity contribution in [1.82, 2.24) is 30.8 Å². The van der Waals surface area contributed by atoms with Gasteiger partial charge in [0, 0.05) is 30.2 Å². The van der Waals surface area contributed by atoms with Gasteiger partial charge in [-0.15, -0.1) is 5.10 Å². The van der Waals surface area contributed by atoms with E-state index in [4.69, 9.17) is 4.42 Å². The highest BCUT2D eigenvalue weighted by Gasteiger charge is 2.08. The third-order valence-electron chi connectivity index (χ3n) is 4.61. The van der Waals surface area contributed by atoms with Gasteiger partial charge in [0.1, 0.15) is 12.4 Å². The SMILES string of the molecule is CCNC(=NCc1nc(-c2ccco2)n[nH]1)NCCc1c[nH]c2cc(C)ccc12. The molecule has 0 aliphatic heterocycles. The van der Waals surface area contributed by atoms with E-state index in [0.717, 1.165) is 25.5 Å². The molecule has 0 amide bonds. The van der Waals surface area contributed by atoms with E-state index in [1.165, 1.54) is 22.0 Å². The zero-order valence-corrected chi connectivity index (χ0v) is 16.6. The van der Waals surface area contributed by atoms with Crippen LogP contribution in [-0.2, 0) is 13.0 Å². The van der Waals surface area contributed by atoms with E-state index in [2.05, 4.69) is 67.1 Å². The second-order valence-corrected chi connectivity index (χ2v) is 6.82. The minimum atomic E-state index is 0.398. The number of nitrogens with one attached hydrogen (secondary N) is 4. The summed E-state index contributed by atoms with van der Waals surface area (Å²) in [6.45, 7) is 6.11. The van der Waals surface area contributed by atoms with Crippen LogP contribution in [0, 0.1) is 6.92 Å². The van der Waals surface area contributed by atoms with E-state index < -0.39 is 0 Å². The lowest BCUT2D eigenvalue weighted by atomic mass is 10.1. The first-order valence-corrected chi connectivity index (χ1v) is 9.77. The number of nitrogens with zero attached hydrogens (tertiary/aromatic N) is 3. The summed E-state index contributed by atoms with van der Waals surface area (Å²) in [4.78, 5) is 12.4. The van der Waals surface area contributed by atoms with Crippen molar-refractivity contribution in [2.24, 2.45) is 4.99 Å². The van der Waals surface area contributed by atoms with E-state index in [9.17, 15) is 0 Å². The van der Waals surface area contributed by atoms with Gasteiger partial charge in [-0.25, -0.2) is 9.98 Å². The van der Waals surface area contributed by atoms with Gasteiger partial charge in [0.25, 0.3) is 0 Å². The van der Waals surface area contributed by atoms with Crippen molar-refractivity contribution in [2.45, 2.75) is 26.8 Å². The van der Waals surface area contributed by atoms with Gasteiger partial charge in [-0.05, 0) is 49.6 Å². The van der Waals surface area contributed by atoms with Crippen LogP contribution < -0.4 is 10.6 Å². The average molecular weight is 391 g/mol. The van der Waals surface area contributed by atoms with Crippen molar-refractivity contribution in [3.8, 4) is 11.6 Å². The average Bonchev–Trinajstić information content (AvgIpc) is 3.46. The van der Waals surface area contributed by atoms with Gasteiger partial charge in [0.2, 0.25) is 5.82 Å². The Labute approximate surface area is 168 Å². The molecule has 0 radical (unpaired) electrons. The van der Waals surface area contributed by atoms with Crippen LogP contribution in [0.5, 0.6) is 0 Å². The number of aromatic amines is 2. The Morgan fingerprint density at radius 3 is 3.00 bits per heavy atom. The number of aliphatic imine (C=N–C) groups is 1. The number of guanidine groups is 1. The number of H-pyrrole nitrogens is 2. The molecular formula is C21H25N7O. The number of benzene rings is 1. The van der Waals surface area contributed by atoms with Gasteiger partial charge < -0.3 is 20.0 Å². The topological polar surface area (TPSA) is 107 Å². The summed E-state index contributed by atoms with van der Waals surface area (Å²) in [5.74, 6) is 2.60. The van der Waals surface area contributed by atoms with Gasteiger partial charge in [0.15, 0.2) is 11.7 Å². The number of aryl methyl sites for hydroxylation is 1. The van der Waals surface area contributed by atoms with E-state index in [1.54, 1.807) is 6.26 Å². The molecule has 8 nitrogen and oxygen atoms in total. The lowest BCUT2D eigenvalue weighted by molar-refractivity contribution is 0.577. The Kier molecular flexibility index (Phi) is 5.60. The fraction of sp³-hybridized carbons (Fsp3) is 0.286. The minimum Gasteiger partial charge on any atom is -0.461 e. The fourth-order valence-corrected chi connectivity index (χ4v) is 3.20. The predicted molar refractivity (Wildman–Crippen MR) is 114 cm³/mol. The zero-order valence-electron chi connectivity index (χ0n) is 16.6. The monoisotopic (exact) mass is 391 g/mol. The van der Waals surface area contributed by atoms with Crippen LogP contribution >= 0.6 is 0 Å². The van der Waals surface area contributed by atoms with Crippen molar-refractivity contribution in [2.75, 3.05) is 13.1 Å². The second kappa shape index (κ2) is 8.64. The minimum absolute atomic E-state index is 0.398. The van der Waals surface area contributed by atoms with Gasteiger partial charge >= 0.3 is 0 Å². The van der Waals surface area contributed by atoms with Crippen molar-refractivity contribution < 1.29 is 4.42 Å². The number of hydrogen-bond donors (Lipinski definition) is 4. The predicted octanol–water partition coefficient (Wildman–Crippen LogP) is 3.15. The first-order valence-electron chi connectivity index (χ1n) is 9.77. The van der Waals surface area contributed by atoms with Crippen LogP contribution in [0.3, 0.4) is 0 Å². The molecule has 4 rings (SSSR count). The molecule has 0 aliphatic carbocycles. The third-order valence-corrected chi connectivity index (χ3v) is 4.61. The zero-order chi connectivity index (χ0) is 20.1. The molecule has 0 atom stereocenters. The Hall–Kier alpha value is -3.55. The standard InChI is InChI=1S/C21H25N7O/c1-3-22-21(25-13-19-26-20(28-27-19)18-5-4-10-29-18)23-9-8-15-12-24-17-11-14(2)6-7-16(15)17/h4-7,10-12,24H,3,8-9,13H2,1-2H3,(H2,22,23,25)(H,26,27,28). The normalized spacial score (nSPS) is 11.9. The first-order chi connectivity index (χ1) is 14.2. The highest BCUT2D eigenvalue weighted by Crippen LogP contribution is 2.19. The summed E-state index contributed by atoms with van der Waals surface area (Å²) >= 11 is 0. The summed E-state index contributed by atoms with van der Waals surface area (Å²) in [6.07, 6.45) is 4.59. The van der Waals surface area contributed by atoms with E-state index >= 15 is 0 Å². The molecule has 150 valence electrons. The Balaban J connectivity index is 1.36. The van der Waals surface area contributed by atoms with Crippen LogP contribution in [-0.4, -0.2) is 39.2 Å². The Morgan fingerprint density at radius 2 is 2.17 bits per heavy atom. The number of rotatable bonds is 7. The van der Waals surface area contributed by atoms with Crippen LogP contribution in [0.1, 0.15) is 23.9 Å². The summed E-state index contributed by atoms with van der Waals surface area (Å²) in [7, 11) is 0. The highest BCUT2D eigenvalue weighted by atomic mass is 16.3. The van der Waals surface area contributed by atoms with Crippen LogP contribution in [0.15, 0.2) is 52.2 Å². The summed E-state index contributed by atoms with van der Waals surface area (Å²) in [6, 6.07) is 10.1. The molecule has 0 unspecified atom stereocenters. The molecule has 0 aliphatic rings. The number of fused-ring (bicyclic) bond motifs is 1. The van der Waals surface area contributed by atoms with Gasteiger partial charge in [-0.2, -0.15) is 0 Å². The molecule has 0 saturated heterocycles. The van der Waals surface area contributed by atoms with E-state index in [-0.39, 0.29) is 0 Å².